The van der Waals surface area contributed by atoms with E-state index in [-0.39, 0.29) is 24.6 Å². The predicted octanol–water partition coefficient (Wildman–Crippen LogP) is 1.23. The van der Waals surface area contributed by atoms with Gasteiger partial charge in [-0.05, 0) is 12.3 Å². The molecular weight excluding hydrogens is 393 g/mol. The second-order valence-corrected chi connectivity index (χ2v) is 7.72. The number of aromatic amines is 1. The lowest BCUT2D eigenvalue weighted by Crippen LogP contribution is -2.47. The van der Waals surface area contributed by atoms with Crippen LogP contribution in [0.25, 0.3) is 0 Å². The molecule has 160 valence electrons. The summed E-state index contributed by atoms with van der Waals surface area (Å²) in [5, 5.41) is 8.81. The van der Waals surface area contributed by atoms with Crippen LogP contribution in [0.1, 0.15) is 43.0 Å². The maximum Gasteiger partial charge on any atom is 0.425 e. The molecule has 4 rings (SSSR count). The van der Waals surface area contributed by atoms with Crippen molar-refractivity contribution in [3.8, 4) is 5.75 Å². The highest BCUT2D eigenvalue weighted by Crippen LogP contribution is 2.45. The summed E-state index contributed by atoms with van der Waals surface area (Å²) in [5.41, 5.74) is -2.86. The molecule has 29 heavy (non-hydrogen) atoms. The molecule has 8 nitrogen and oxygen atoms in total. The van der Waals surface area contributed by atoms with Crippen LogP contribution >= 0.6 is 0 Å². The molecule has 3 aliphatic rings. The van der Waals surface area contributed by atoms with Crippen LogP contribution in [0.4, 0.5) is 13.2 Å². The minimum absolute atomic E-state index is 0.114. The van der Waals surface area contributed by atoms with E-state index < -0.39 is 35.3 Å². The number of H-pyrrole nitrogens is 1. The maximum atomic E-state index is 13.5. The first-order chi connectivity index (χ1) is 13.8. The van der Waals surface area contributed by atoms with Crippen molar-refractivity contribution in [2.75, 3.05) is 32.8 Å². The van der Waals surface area contributed by atoms with Gasteiger partial charge in [0, 0.05) is 32.6 Å². The number of carbonyl (C=O) groups is 1. The highest BCUT2D eigenvalue weighted by molar-refractivity contribution is 5.77. The highest BCUT2D eigenvalue weighted by Gasteiger charge is 2.44. The van der Waals surface area contributed by atoms with Gasteiger partial charge in [-0.2, -0.15) is 18.3 Å². The number of nitrogens with zero attached hydrogens (tertiary/aromatic N) is 2. The number of alkyl halides is 3. The second kappa shape index (κ2) is 7.94. The van der Waals surface area contributed by atoms with Crippen LogP contribution in [0.15, 0.2) is 4.79 Å². The Hall–Kier alpha value is -2.14. The molecule has 1 saturated heterocycles. The number of hydrogen-bond donors (Lipinski definition) is 2. The van der Waals surface area contributed by atoms with Gasteiger partial charge in [-0.1, -0.05) is 12.8 Å². The van der Waals surface area contributed by atoms with E-state index in [1.54, 1.807) is 4.90 Å². The van der Waals surface area contributed by atoms with E-state index in [4.69, 9.17) is 9.47 Å². The largest absolute Gasteiger partial charge is 0.487 e. The molecule has 1 saturated carbocycles. The van der Waals surface area contributed by atoms with Gasteiger partial charge >= 0.3 is 6.18 Å². The molecule has 0 spiro atoms. The van der Waals surface area contributed by atoms with Gasteiger partial charge in [0.1, 0.15) is 24.5 Å². The SMILES string of the molecule is O=C(CO[C@@H]1C[C@@H](CC2CC2)Oc2c1n[nH]c(=O)c2C(F)(F)F)N1CCNCC1. The molecule has 0 radical (unpaired) electrons. The number of hydrogen-bond acceptors (Lipinski definition) is 6. The molecule has 0 bridgehead atoms. The fourth-order valence-corrected chi connectivity index (χ4v) is 3.80. The Morgan fingerprint density at radius 1 is 1.28 bits per heavy atom. The molecule has 2 fully saturated rings. The molecule has 11 heteroatoms. The average molecular weight is 416 g/mol. The van der Waals surface area contributed by atoms with Crippen LogP contribution in [0.2, 0.25) is 0 Å². The first kappa shape index (κ1) is 20.1. The van der Waals surface area contributed by atoms with Crippen molar-refractivity contribution >= 4 is 5.91 Å². The van der Waals surface area contributed by atoms with Gasteiger partial charge in [0.2, 0.25) is 5.91 Å². The number of amides is 1. The second-order valence-electron chi connectivity index (χ2n) is 7.72. The summed E-state index contributed by atoms with van der Waals surface area (Å²) in [6.07, 6.45) is -3.35. The normalized spacial score (nSPS) is 24.7. The molecule has 2 N–H and O–H groups in total. The average Bonchev–Trinajstić information content (AvgIpc) is 3.49. The molecule has 1 amide bonds. The lowest BCUT2D eigenvalue weighted by molar-refractivity contribution is -0.144. The van der Waals surface area contributed by atoms with Crippen LogP contribution in [0.3, 0.4) is 0 Å². The summed E-state index contributed by atoms with van der Waals surface area (Å²) in [6.45, 7) is 2.23. The Bertz CT molecular complexity index is 818. The molecule has 1 aromatic heterocycles. The van der Waals surface area contributed by atoms with Crippen molar-refractivity contribution in [2.24, 2.45) is 5.92 Å². The van der Waals surface area contributed by atoms with E-state index in [0.717, 1.165) is 12.8 Å². The van der Waals surface area contributed by atoms with Gasteiger partial charge in [0.25, 0.3) is 5.56 Å². The van der Waals surface area contributed by atoms with Crippen LogP contribution < -0.4 is 15.6 Å². The monoisotopic (exact) mass is 416 g/mol. The van der Waals surface area contributed by atoms with Crippen molar-refractivity contribution in [3.63, 3.8) is 0 Å². The van der Waals surface area contributed by atoms with Crippen LogP contribution in [0.5, 0.6) is 5.75 Å². The summed E-state index contributed by atoms with van der Waals surface area (Å²) in [6, 6.07) is 0. The van der Waals surface area contributed by atoms with Crippen molar-refractivity contribution < 1.29 is 27.4 Å². The number of fused-ring (bicyclic) bond motifs is 1. The Balaban J connectivity index is 1.56. The van der Waals surface area contributed by atoms with Gasteiger partial charge < -0.3 is 19.7 Å². The number of aromatic nitrogens is 2. The van der Waals surface area contributed by atoms with E-state index in [0.29, 0.717) is 38.5 Å². The zero-order valence-corrected chi connectivity index (χ0v) is 15.8. The van der Waals surface area contributed by atoms with Crippen molar-refractivity contribution in [1.82, 2.24) is 20.4 Å². The Morgan fingerprint density at radius 3 is 2.66 bits per heavy atom. The van der Waals surface area contributed by atoms with E-state index in [1.807, 2.05) is 5.10 Å². The van der Waals surface area contributed by atoms with Crippen molar-refractivity contribution in [2.45, 2.75) is 44.1 Å². The van der Waals surface area contributed by atoms with Crippen molar-refractivity contribution in [3.05, 3.63) is 21.6 Å². The first-order valence-electron chi connectivity index (χ1n) is 9.79. The van der Waals surface area contributed by atoms with Gasteiger partial charge in [0.05, 0.1) is 0 Å². The Kier molecular flexibility index (Phi) is 5.52. The van der Waals surface area contributed by atoms with E-state index in [2.05, 4.69) is 10.4 Å². The predicted molar refractivity (Wildman–Crippen MR) is 94.4 cm³/mol. The molecule has 0 aromatic carbocycles. The molecule has 1 aliphatic carbocycles. The number of rotatable bonds is 5. The number of piperazine rings is 1. The molecule has 2 atom stereocenters. The standard InChI is InChI=1S/C18H23F3N4O4/c19-18(20,21)14-16-15(23-24-17(14)27)12(8-11(29-16)7-10-1-2-10)28-9-13(26)25-5-3-22-4-6-25/h10-12,22H,1-9H2,(H,24,27)/t11-,12-/m1/s1. The molecule has 3 heterocycles. The third-order valence-electron chi connectivity index (χ3n) is 5.49. The van der Waals surface area contributed by atoms with Crippen LogP contribution in [0, 0.1) is 5.92 Å². The minimum atomic E-state index is -4.89. The highest BCUT2D eigenvalue weighted by atomic mass is 19.4. The zero-order chi connectivity index (χ0) is 20.6. The van der Waals surface area contributed by atoms with E-state index in [9.17, 15) is 22.8 Å². The first-order valence-corrected chi connectivity index (χ1v) is 9.79. The zero-order valence-electron chi connectivity index (χ0n) is 15.8. The van der Waals surface area contributed by atoms with Gasteiger partial charge in [0.15, 0.2) is 11.3 Å². The van der Waals surface area contributed by atoms with Gasteiger partial charge in [-0.25, -0.2) is 5.10 Å². The van der Waals surface area contributed by atoms with Crippen LogP contribution in [-0.4, -0.2) is 59.9 Å². The summed E-state index contributed by atoms with van der Waals surface area (Å²) in [4.78, 5) is 25.9. The third-order valence-corrected chi connectivity index (χ3v) is 5.49. The van der Waals surface area contributed by atoms with Gasteiger partial charge in [-0.15, -0.1) is 0 Å². The minimum Gasteiger partial charge on any atom is -0.487 e. The molecular formula is C18H23F3N4O4. The lowest BCUT2D eigenvalue weighted by Gasteiger charge is -2.33. The Labute approximate surface area is 164 Å². The number of halogens is 3. The van der Waals surface area contributed by atoms with Crippen LogP contribution in [-0.2, 0) is 15.7 Å². The fourth-order valence-electron chi connectivity index (χ4n) is 3.80. The van der Waals surface area contributed by atoms with E-state index >= 15 is 0 Å². The molecule has 2 aliphatic heterocycles. The summed E-state index contributed by atoms with van der Waals surface area (Å²) >= 11 is 0. The van der Waals surface area contributed by atoms with Gasteiger partial charge in [-0.3, -0.25) is 9.59 Å². The molecule has 1 aromatic rings. The number of nitrogens with one attached hydrogen (secondary N) is 2. The smallest absolute Gasteiger partial charge is 0.425 e. The summed E-state index contributed by atoms with van der Waals surface area (Å²) < 4.78 is 51.8. The maximum absolute atomic E-state index is 13.5. The third kappa shape index (κ3) is 4.55. The summed E-state index contributed by atoms with van der Waals surface area (Å²) in [7, 11) is 0. The summed E-state index contributed by atoms with van der Waals surface area (Å²) in [5.74, 6) is -0.384. The quantitative estimate of drug-likeness (QED) is 0.750. The van der Waals surface area contributed by atoms with Crippen molar-refractivity contribution in [1.29, 1.82) is 0 Å². The molecule has 0 unspecified atom stereocenters. The Morgan fingerprint density at radius 2 is 2.00 bits per heavy atom. The lowest BCUT2D eigenvalue weighted by atomic mass is 9.98. The topological polar surface area (TPSA) is 96.5 Å². The van der Waals surface area contributed by atoms with E-state index in [1.165, 1.54) is 0 Å². The number of carbonyl (C=O) groups excluding carboxylic acids is 1. The number of ether oxygens (including phenoxy) is 2. The fraction of sp³-hybridized carbons (Fsp3) is 0.722.